The first-order chi connectivity index (χ1) is 14.7. The molecule has 30 heavy (non-hydrogen) atoms. The molecule has 0 spiro atoms. The van der Waals surface area contributed by atoms with E-state index in [1.54, 1.807) is 0 Å². The third-order valence-corrected chi connectivity index (χ3v) is 6.50. The molecule has 1 aliphatic carbocycles. The number of hydrogen-bond donors (Lipinski definition) is 2. The van der Waals surface area contributed by atoms with Crippen LogP contribution < -0.4 is 5.32 Å². The van der Waals surface area contributed by atoms with Gasteiger partial charge < -0.3 is 10.4 Å². The Morgan fingerprint density at radius 1 is 0.867 bits per heavy atom. The van der Waals surface area contributed by atoms with Gasteiger partial charge in [0, 0.05) is 46.8 Å². The van der Waals surface area contributed by atoms with E-state index in [1.165, 1.54) is 49.8 Å². The normalized spacial score (nSPS) is 17.8. The van der Waals surface area contributed by atoms with Gasteiger partial charge in [0.15, 0.2) is 0 Å². The van der Waals surface area contributed by atoms with Gasteiger partial charge in [0.25, 0.3) is 11.8 Å². The predicted octanol–water partition coefficient (Wildman–Crippen LogP) is 5.12. The molecule has 0 bridgehead atoms. The fourth-order valence-electron chi connectivity index (χ4n) is 4.85. The maximum absolute atomic E-state index is 13.1. The first-order valence-corrected chi connectivity index (χ1v) is 11.5. The van der Waals surface area contributed by atoms with Gasteiger partial charge in [-0.2, -0.15) is 0 Å². The molecular weight excluding hydrogens is 376 g/mol. The van der Waals surface area contributed by atoms with Crippen LogP contribution in [0.3, 0.4) is 0 Å². The van der Waals surface area contributed by atoms with Crippen molar-refractivity contribution in [3.05, 3.63) is 41.5 Å². The highest BCUT2D eigenvalue weighted by Gasteiger charge is 2.33. The fraction of sp³-hybridized carbons (Fsp3) is 0.520. The standard InChI is InChI=1S/C25H32N2O3/c28-17-8-4-7-16-27-24(29)20-13-9-12-19-22(15-14-21(23(19)20)25(27)30)26-18-10-5-2-1-3-6-11-18/h9,12-15,18,26,28H,1-8,10-11,16-17H2. The van der Waals surface area contributed by atoms with Crippen molar-refractivity contribution >= 4 is 28.3 Å². The molecule has 5 heteroatoms. The molecule has 1 heterocycles. The molecule has 1 aliphatic heterocycles. The Bertz CT molecular complexity index is 894. The number of imide groups is 1. The summed E-state index contributed by atoms with van der Waals surface area (Å²) in [5.41, 5.74) is 2.26. The van der Waals surface area contributed by atoms with Crippen LogP contribution in [0.5, 0.6) is 0 Å². The highest BCUT2D eigenvalue weighted by atomic mass is 16.3. The predicted molar refractivity (Wildman–Crippen MR) is 120 cm³/mol. The van der Waals surface area contributed by atoms with Crippen molar-refractivity contribution in [2.24, 2.45) is 0 Å². The second-order valence-corrected chi connectivity index (χ2v) is 8.62. The van der Waals surface area contributed by atoms with Gasteiger partial charge in [-0.25, -0.2) is 0 Å². The molecule has 5 nitrogen and oxygen atoms in total. The number of rotatable bonds is 7. The zero-order valence-electron chi connectivity index (χ0n) is 17.7. The van der Waals surface area contributed by atoms with Crippen molar-refractivity contribution in [1.29, 1.82) is 0 Å². The average molecular weight is 409 g/mol. The van der Waals surface area contributed by atoms with Crippen molar-refractivity contribution in [2.75, 3.05) is 18.5 Å². The molecule has 0 saturated heterocycles. The lowest BCUT2D eigenvalue weighted by Gasteiger charge is -2.29. The van der Waals surface area contributed by atoms with Crippen LogP contribution in [0.15, 0.2) is 30.3 Å². The van der Waals surface area contributed by atoms with E-state index in [4.69, 9.17) is 5.11 Å². The van der Waals surface area contributed by atoms with Crippen LogP contribution in [-0.2, 0) is 0 Å². The summed E-state index contributed by atoms with van der Waals surface area (Å²) in [4.78, 5) is 27.6. The quantitative estimate of drug-likeness (QED) is 0.493. The van der Waals surface area contributed by atoms with Crippen molar-refractivity contribution < 1.29 is 14.7 Å². The second kappa shape index (κ2) is 9.61. The summed E-state index contributed by atoms with van der Waals surface area (Å²) in [6.07, 6.45) is 11.0. The third kappa shape index (κ3) is 4.22. The Hall–Kier alpha value is -2.40. The molecule has 0 atom stereocenters. The molecule has 2 aromatic carbocycles. The molecule has 2 aliphatic rings. The van der Waals surface area contributed by atoms with Gasteiger partial charge in [-0.3, -0.25) is 14.5 Å². The molecule has 4 rings (SSSR count). The Morgan fingerprint density at radius 3 is 2.30 bits per heavy atom. The number of nitrogens with one attached hydrogen (secondary N) is 1. The highest BCUT2D eigenvalue weighted by molar-refractivity contribution is 6.26. The number of aliphatic hydroxyl groups excluding tert-OH is 1. The van der Waals surface area contributed by atoms with Crippen LogP contribution in [0.2, 0.25) is 0 Å². The van der Waals surface area contributed by atoms with Crippen molar-refractivity contribution in [2.45, 2.75) is 70.3 Å². The second-order valence-electron chi connectivity index (χ2n) is 8.62. The largest absolute Gasteiger partial charge is 0.396 e. The third-order valence-electron chi connectivity index (χ3n) is 6.50. The van der Waals surface area contributed by atoms with Gasteiger partial charge in [-0.1, -0.05) is 44.2 Å². The molecule has 2 aromatic rings. The van der Waals surface area contributed by atoms with Crippen LogP contribution in [0.4, 0.5) is 5.69 Å². The number of aliphatic hydroxyl groups is 1. The monoisotopic (exact) mass is 408 g/mol. The fourth-order valence-corrected chi connectivity index (χ4v) is 4.85. The van der Waals surface area contributed by atoms with Crippen molar-refractivity contribution in [3.63, 3.8) is 0 Å². The molecule has 0 unspecified atom stereocenters. The molecule has 2 amide bonds. The molecule has 2 N–H and O–H groups in total. The van der Waals surface area contributed by atoms with E-state index in [-0.39, 0.29) is 18.4 Å². The topological polar surface area (TPSA) is 69.6 Å². The van der Waals surface area contributed by atoms with Crippen molar-refractivity contribution in [3.8, 4) is 0 Å². The van der Waals surface area contributed by atoms with Gasteiger partial charge >= 0.3 is 0 Å². The smallest absolute Gasteiger partial charge is 0.261 e. The Morgan fingerprint density at radius 2 is 1.57 bits per heavy atom. The van der Waals surface area contributed by atoms with Crippen LogP contribution >= 0.6 is 0 Å². The van der Waals surface area contributed by atoms with Gasteiger partial charge in [-0.15, -0.1) is 0 Å². The summed E-state index contributed by atoms with van der Waals surface area (Å²) in [6, 6.07) is 10.1. The molecule has 160 valence electrons. The Labute approximate surface area is 178 Å². The minimum atomic E-state index is -0.204. The molecular formula is C25H32N2O3. The van der Waals surface area contributed by atoms with E-state index in [0.717, 1.165) is 22.9 Å². The van der Waals surface area contributed by atoms with Crippen molar-refractivity contribution in [1.82, 2.24) is 4.90 Å². The van der Waals surface area contributed by atoms with E-state index in [1.807, 2.05) is 30.3 Å². The minimum absolute atomic E-state index is 0.140. The molecule has 0 radical (unpaired) electrons. The van der Waals surface area contributed by atoms with E-state index in [2.05, 4.69) is 5.32 Å². The summed E-state index contributed by atoms with van der Waals surface area (Å²) >= 11 is 0. The Balaban J connectivity index is 1.62. The molecule has 1 saturated carbocycles. The molecule has 0 aromatic heterocycles. The number of anilines is 1. The lowest BCUT2D eigenvalue weighted by atomic mass is 9.92. The average Bonchev–Trinajstić information content (AvgIpc) is 2.73. The summed E-state index contributed by atoms with van der Waals surface area (Å²) in [6.45, 7) is 0.538. The van der Waals surface area contributed by atoms with E-state index >= 15 is 0 Å². The van der Waals surface area contributed by atoms with Crippen LogP contribution in [0.25, 0.3) is 10.8 Å². The first kappa shape index (κ1) is 20.9. The van der Waals surface area contributed by atoms with Gasteiger partial charge in [0.1, 0.15) is 0 Å². The van der Waals surface area contributed by atoms with Crippen LogP contribution in [-0.4, -0.2) is 41.0 Å². The van der Waals surface area contributed by atoms with E-state index in [9.17, 15) is 9.59 Å². The highest BCUT2D eigenvalue weighted by Crippen LogP contribution is 2.35. The summed E-state index contributed by atoms with van der Waals surface area (Å²) in [5, 5.41) is 14.4. The number of nitrogens with zero attached hydrogens (tertiary/aromatic N) is 1. The maximum atomic E-state index is 13.1. The number of hydrogen-bond acceptors (Lipinski definition) is 4. The van der Waals surface area contributed by atoms with E-state index in [0.29, 0.717) is 36.6 Å². The van der Waals surface area contributed by atoms with Crippen LogP contribution in [0.1, 0.15) is 84.9 Å². The number of amides is 2. The first-order valence-electron chi connectivity index (χ1n) is 11.5. The van der Waals surface area contributed by atoms with Gasteiger partial charge in [0.05, 0.1) is 0 Å². The number of carbonyl (C=O) groups excluding carboxylic acids is 2. The SMILES string of the molecule is O=C1c2cccc3c(NC4CCCCCCC4)ccc(c23)C(=O)N1CCCCCO. The summed E-state index contributed by atoms with van der Waals surface area (Å²) in [7, 11) is 0. The summed E-state index contributed by atoms with van der Waals surface area (Å²) in [5.74, 6) is -0.407. The van der Waals surface area contributed by atoms with Crippen LogP contribution in [0, 0.1) is 0 Å². The Kier molecular flexibility index (Phi) is 6.68. The van der Waals surface area contributed by atoms with Gasteiger partial charge in [0.2, 0.25) is 0 Å². The lowest BCUT2D eigenvalue weighted by molar-refractivity contribution is 0.0607. The molecule has 1 fully saturated rings. The number of benzene rings is 2. The minimum Gasteiger partial charge on any atom is -0.396 e. The maximum Gasteiger partial charge on any atom is 0.261 e. The van der Waals surface area contributed by atoms with E-state index < -0.39 is 0 Å². The lowest BCUT2D eigenvalue weighted by Crippen LogP contribution is -2.41. The number of unbranched alkanes of at least 4 members (excludes halogenated alkanes) is 2. The number of carbonyl (C=O) groups is 2. The van der Waals surface area contributed by atoms with Gasteiger partial charge in [-0.05, 0) is 50.3 Å². The zero-order valence-corrected chi connectivity index (χ0v) is 17.7. The summed E-state index contributed by atoms with van der Waals surface area (Å²) < 4.78 is 0. The zero-order chi connectivity index (χ0) is 20.9.